The second kappa shape index (κ2) is 3.92. The Morgan fingerprint density at radius 2 is 2.31 bits per heavy atom. The topological polar surface area (TPSA) is 61.1 Å². The van der Waals surface area contributed by atoms with Crippen LogP contribution in [-0.2, 0) is 11.2 Å². The zero-order valence-electron chi connectivity index (χ0n) is 6.62. The lowest BCUT2D eigenvalue weighted by molar-refractivity contribution is -0.136. The molecule has 0 heterocycles. The second-order valence-electron chi connectivity index (χ2n) is 2.46. The van der Waals surface area contributed by atoms with Gasteiger partial charge < -0.3 is 5.11 Å². The van der Waals surface area contributed by atoms with Gasteiger partial charge in [-0.1, -0.05) is 23.7 Å². The number of aliphatic carboxylic acids is 1. The molecule has 0 aliphatic heterocycles. The summed E-state index contributed by atoms with van der Waals surface area (Å²) in [4.78, 5) is 10.4. The summed E-state index contributed by atoms with van der Waals surface area (Å²) in [5.41, 5.74) is 0.689. The van der Waals surface area contributed by atoms with Crippen molar-refractivity contribution in [2.24, 2.45) is 0 Å². The SMILES string of the molecule is N#Cc1c(Cl)cccc1CC(=O)O. The molecule has 0 spiro atoms. The molecule has 0 bridgehead atoms. The van der Waals surface area contributed by atoms with Crippen LogP contribution in [0.3, 0.4) is 0 Å². The summed E-state index contributed by atoms with van der Waals surface area (Å²) in [6.45, 7) is 0. The van der Waals surface area contributed by atoms with E-state index in [1.165, 1.54) is 0 Å². The highest BCUT2D eigenvalue weighted by molar-refractivity contribution is 6.31. The molecule has 1 rings (SSSR count). The number of hydrogen-bond acceptors (Lipinski definition) is 2. The molecule has 0 aromatic heterocycles. The molecule has 0 saturated heterocycles. The third-order valence-electron chi connectivity index (χ3n) is 1.55. The predicted molar refractivity (Wildman–Crippen MR) is 47.5 cm³/mol. The average Bonchev–Trinajstić information content (AvgIpc) is 2.03. The van der Waals surface area contributed by atoms with Gasteiger partial charge in [0.15, 0.2) is 0 Å². The van der Waals surface area contributed by atoms with E-state index in [1.807, 2.05) is 6.07 Å². The van der Waals surface area contributed by atoms with Crippen molar-refractivity contribution in [1.82, 2.24) is 0 Å². The van der Waals surface area contributed by atoms with E-state index < -0.39 is 5.97 Å². The summed E-state index contributed by atoms with van der Waals surface area (Å²) in [5, 5.41) is 17.5. The van der Waals surface area contributed by atoms with Crippen LogP contribution < -0.4 is 0 Å². The summed E-state index contributed by atoms with van der Waals surface area (Å²) >= 11 is 5.70. The van der Waals surface area contributed by atoms with Crippen LogP contribution in [0.2, 0.25) is 5.02 Å². The van der Waals surface area contributed by atoms with Crippen LogP contribution in [0.4, 0.5) is 0 Å². The molecule has 66 valence electrons. The zero-order valence-corrected chi connectivity index (χ0v) is 7.38. The Morgan fingerprint density at radius 3 is 2.85 bits per heavy atom. The van der Waals surface area contributed by atoms with Crippen molar-refractivity contribution < 1.29 is 9.90 Å². The highest BCUT2D eigenvalue weighted by Crippen LogP contribution is 2.19. The number of carboxylic acid groups (broad SMARTS) is 1. The number of benzene rings is 1. The van der Waals surface area contributed by atoms with Gasteiger partial charge in [0.05, 0.1) is 17.0 Å². The van der Waals surface area contributed by atoms with Crippen molar-refractivity contribution in [3.05, 3.63) is 34.3 Å². The van der Waals surface area contributed by atoms with Gasteiger partial charge in [-0.25, -0.2) is 0 Å². The summed E-state index contributed by atoms with van der Waals surface area (Å²) in [7, 11) is 0. The first-order valence-electron chi connectivity index (χ1n) is 3.54. The molecule has 0 fully saturated rings. The van der Waals surface area contributed by atoms with Crippen LogP contribution in [0.25, 0.3) is 0 Å². The van der Waals surface area contributed by atoms with Crippen molar-refractivity contribution in [1.29, 1.82) is 5.26 Å². The zero-order chi connectivity index (χ0) is 9.84. The Hall–Kier alpha value is -1.53. The number of carboxylic acids is 1. The number of carbonyl (C=O) groups is 1. The van der Waals surface area contributed by atoms with Gasteiger partial charge in [0.2, 0.25) is 0 Å². The largest absolute Gasteiger partial charge is 0.481 e. The maximum absolute atomic E-state index is 10.4. The minimum absolute atomic E-state index is 0.177. The first-order valence-corrected chi connectivity index (χ1v) is 3.92. The van der Waals surface area contributed by atoms with Gasteiger partial charge in [0, 0.05) is 0 Å². The minimum Gasteiger partial charge on any atom is -0.481 e. The van der Waals surface area contributed by atoms with Crippen LogP contribution in [0.5, 0.6) is 0 Å². The molecule has 0 aliphatic carbocycles. The van der Waals surface area contributed by atoms with Crippen LogP contribution >= 0.6 is 11.6 Å². The van der Waals surface area contributed by atoms with Crippen molar-refractivity contribution in [2.75, 3.05) is 0 Å². The summed E-state index contributed by atoms with van der Waals surface area (Å²) in [5.74, 6) is -0.973. The van der Waals surface area contributed by atoms with Gasteiger partial charge in [0.25, 0.3) is 0 Å². The van der Waals surface area contributed by atoms with Crippen LogP contribution in [0, 0.1) is 11.3 Å². The lowest BCUT2D eigenvalue weighted by Gasteiger charge is -2.01. The molecule has 0 unspecified atom stereocenters. The van der Waals surface area contributed by atoms with Gasteiger partial charge in [-0.15, -0.1) is 0 Å². The first kappa shape index (κ1) is 9.56. The first-order chi connectivity index (χ1) is 6.15. The van der Waals surface area contributed by atoms with Gasteiger partial charge >= 0.3 is 5.97 Å². The number of hydrogen-bond donors (Lipinski definition) is 1. The molecule has 0 amide bonds. The van der Waals surface area contributed by atoms with E-state index in [9.17, 15) is 4.79 Å². The Labute approximate surface area is 80.2 Å². The van der Waals surface area contributed by atoms with Crippen molar-refractivity contribution in [3.63, 3.8) is 0 Å². The molecule has 1 N–H and O–H groups in total. The van der Waals surface area contributed by atoms with E-state index in [0.29, 0.717) is 10.6 Å². The lowest BCUT2D eigenvalue weighted by atomic mass is 10.1. The quantitative estimate of drug-likeness (QED) is 0.783. The third kappa shape index (κ3) is 2.20. The van der Waals surface area contributed by atoms with Gasteiger partial charge in [-0.3, -0.25) is 4.79 Å². The smallest absolute Gasteiger partial charge is 0.307 e. The minimum atomic E-state index is -0.973. The molecule has 0 radical (unpaired) electrons. The fourth-order valence-corrected chi connectivity index (χ4v) is 1.24. The Balaban J connectivity index is 3.14. The summed E-state index contributed by atoms with van der Waals surface area (Å²) in [6, 6.07) is 6.64. The second-order valence-corrected chi connectivity index (χ2v) is 2.86. The van der Waals surface area contributed by atoms with Crippen LogP contribution in [-0.4, -0.2) is 11.1 Å². The molecular weight excluding hydrogens is 190 g/mol. The molecule has 3 nitrogen and oxygen atoms in total. The fraction of sp³-hybridized carbons (Fsp3) is 0.111. The molecule has 1 aromatic rings. The number of rotatable bonds is 2. The van der Waals surface area contributed by atoms with Gasteiger partial charge in [0.1, 0.15) is 6.07 Å². The molecule has 0 saturated carbocycles. The highest BCUT2D eigenvalue weighted by Gasteiger charge is 2.08. The predicted octanol–water partition coefficient (Wildman–Crippen LogP) is 1.84. The summed E-state index contributed by atoms with van der Waals surface area (Å²) in [6.07, 6.45) is -0.177. The molecule has 13 heavy (non-hydrogen) atoms. The van der Waals surface area contributed by atoms with E-state index in [0.717, 1.165) is 0 Å². The molecule has 4 heteroatoms. The molecule has 0 aliphatic rings. The van der Waals surface area contributed by atoms with E-state index in [4.69, 9.17) is 22.0 Å². The van der Waals surface area contributed by atoms with E-state index in [2.05, 4.69) is 0 Å². The van der Waals surface area contributed by atoms with Crippen LogP contribution in [0.15, 0.2) is 18.2 Å². The van der Waals surface area contributed by atoms with Crippen molar-refractivity contribution >= 4 is 17.6 Å². The number of halogens is 1. The number of nitrogens with zero attached hydrogens (tertiary/aromatic N) is 1. The van der Waals surface area contributed by atoms with E-state index >= 15 is 0 Å². The Morgan fingerprint density at radius 1 is 1.62 bits per heavy atom. The Kier molecular flexibility index (Phi) is 2.88. The number of nitriles is 1. The third-order valence-corrected chi connectivity index (χ3v) is 1.87. The molecule has 0 atom stereocenters. The summed E-state index contributed by atoms with van der Waals surface area (Å²) < 4.78 is 0. The maximum atomic E-state index is 10.4. The molecule has 1 aromatic carbocycles. The lowest BCUT2D eigenvalue weighted by Crippen LogP contribution is -2.02. The molecular formula is C9H6ClNO2. The maximum Gasteiger partial charge on any atom is 0.307 e. The van der Waals surface area contributed by atoms with Gasteiger partial charge in [-0.05, 0) is 11.6 Å². The normalized spacial score (nSPS) is 9.23. The van der Waals surface area contributed by atoms with Crippen molar-refractivity contribution in [2.45, 2.75) is 6.42 Å². The van der Waals surface area contributed by atoms with Gasteiger partial charge in [-0.2, -0.15) is 5.26 Å². The van der Waals surface area contributed by atoms with Crippen molar-refractivity contribution in [3.8, 4) is 6.07 Å². The Bertz CT molecular complexity index is 382. The highest BCUT2D eigenvalue weighted by atomic mass is 35.5. The standard InChI is InChI=1S/C9H6ClNO2/c10-8-3-1-2-6(4-9(12)13)7(8)5-11/h1-3H,4H2,(H,12,13). The fourth-order valence-electron chi connectivity index (χ4n) is 1.00. The van der Waals surface area contributed by atoms with E-state index in [-0.39, 0.29) is 12.0 Å². The van der Waals surface area contributed by atoms with Crippen LogP contribution in [0.1, 0.15) is 11.1 Å². The van der Waals surface area contributed by atoms with E-state index in [1.54, 1.807) is 18.2 Å². The monoisotopic (exact) mass is 195 g/mol. The average molecular weight is 196 g/mol.